The van der Waals surface area contributed by atoms with E-state index in [9.17, 15) is 4.79 Å². The minimum Gasteiger partial charge on any atom is -0.439 e. The summed E-state index contributed by atoms with van der Waals surface area (Å²) in [5, 5.41) is 3.95. The van der Waals surface area contributed by atoms with E-state index in [4.69, 9.17) is 4.42 Å². The number of aromatic amines is 1. The molecular weight excluding hydrogens is 326 g/mol. The fraction of sp³-hybridized carbons (Fsp3) is 0.143. The molecule has 0 radical (unpaired) electrons. The van der Waals surface area contributed by atoms with Crippen molar-refractivity contribution < 1.29 is 9.21 Å². The van der Waals surface area contributed by atoms with Gasteiger partial charge in [0.25, 0.3) is 5.91 Å². The number of nitrogens with zero attached hydrogens (tertiary/aromatic N) is 1. The van der Waals surface area contributed by atoms with Crippen LogP contribution in [0.15, 0.2) is 59.1 Å². The zero-order valence-electron chi connectivity index (χ0n) is 14.7. The van der Waals surface area contributed by atoms with E-state index in [0.717, 1.165) is 27.7 Å². The standard InChI is InChI=1S/C21H19N3O2/c1-13-14(2)24-20-16(13)9-6-10-17(20)21(25)23-12-19-22-11-18(26-19)15-7-4-3-5-8-15/h3-11,24H,12H2,1-2H3,(H,23,25). The molecule has 130 valence electrons. The number of aryl methyl sites for hydroxylation is 2. The topological polar surface area (TPSA) is 70.9 Å². The van der Waals surface area contributed by atoms with Crippen molar-refractivity contribution in [3.05, 3.63) is 77.4 Å². The number of nitrogens with one attached hydrogen (secondary N) is 2. The van der Waals surface area contributed by atoms with E-state index in [1.54, 1.807) is 6.20 Å². The Morgan fingerprint density at radius 3 is 2.73 bits per heavy atom. The summed E-state index contributed by atoms with van der Waals surface area (Å²) in [6.45, 7) is 4.29. The molecule has 2 heterocycles. The predicted octanol–water partition coefficient (Wildman–Crippen LogP) is 4.37. The summed E-state index contributed by atoms with van der Waals surface area (Å²) < 4.78 is 5.73. The van der Waals surface area contributed by atoms with Gasteiger partial charge in [-0.2, -0.15) is 0 Å². The fourth-order valence-corrected chi connectivity index (χ4v) is 3.05. The van der Waals surface area contributed by atoms with Gasteiger partial charge in [-0.15, -0.1) is 0 Å². The second-order valence-corrected chi connectivity index (χ2v) is 6.27. The quantitative estimate of drug-likeness (QED) is 0.577. The first-order valence-electron chi connectivity index (χ1n) is 8.49. The smallest absolute Gasteiger partial charge is 0.253 e. The Bertz CT molecular complexity index is 1080. The van der Waals surface area contributed by atoms with Crippen molar-refractivity contribution in [1.29, 1.82) is 0 Å². The summed E-state index contributed by atoms with van der Waals surface area (Å²) in [6.07, 6.45) is 1.68. The van der Waals surface area contributed by atoms with E-state index in [1.165, 1.54) is 0 Å². The largest absolute Gasteiger partial charge is 0.439 e. The zero-order valence-corrected chi connectivity index (χ0v) is 14.7. The van der Waals surface area contributed by atoms with E-state index in [-0.39, 0.29) is 12.5 Å². The number of benzene rings is 2. The van der Waals surface area contributed by atoms with Crippen LogP contribution in [0.1, 0.15) is 27.5 Å². The molecule has 26 heavy (non-hydrogen) atoms. The van der Waals surface area contributed by atoms with E-state index in [0.29, 0.717) is 17.2 Å². The van der Waals surface area contributed by atoms with Gasteiger partial charge in [0.15, 0.2) is 5.76 Å². The van der Waals surface area contributed by atoms with Gasteiger partial charge in [0.05, 0.1) is 23.8 Å². The van der Waals surface area contributed by atoms with E-state index in [2.05, 4.69) is 15.3 Å². The maximum Gasteiger partial charge on any atom is 0.253 e. The molecule has 0 spiro atoms. The third-order valence-corrected chi connectivity index (χ3v) is 4.60. The van der Waals surface area contributed by atoms with Gasteiger partial charge in [-0.3, -0.25) is 4.79 Å². The second kappa shape index (κ2) is 6.52. The molecule has 5 nitrogen and oxygen atoms in total. The molecule has 0 saturated carbocycles. The molecule has 0 atom stereocenters. The van der Waals surface area contributed by atoms with Crippen LogP contribution in [0.4, 0.5) is 0 Å². The minimum atomic E-state index is -0.156. The molecule has 0 bridgehead atoms. The number of para-hydroxylation sites is 1. The van der Waals surface area contributed by atoms with Crippen molar-refractivity contribution in [2.24, 2.45) is 0 Å². The number of aromatic nitrogens is 2. The molecule has 2 N–H and O–H groups in total. The number of oxazole rings is 1. The molecule has 0 aliphatic rings. The van der Waals surface area contributed by atoms with Crippen molar-refractivity contribution in [3.8, 4) is 11.3 Å². The normalized spacial score (nSPS) is 11.0. The molecule has 4 rings (SSSR count). The third kappa shape index (κ3) is 2.88. The average Bonchev–Trinajstić information content (AvgIpc) is 3.26. The molecule has 0 aliphatic heterocycles. The SMILES string of the molecule is Cc1[nH]c2c(C(=O)NCc3ncc(-c4ccccc4)o3)cccc2c1C. The van der Waals surface area contributed by atoms with Crippen LogP contribution in [0.2, 0.25) is 0 Å². The number of H-pyrrole nitrogens is 1. The highest BCUT2D eigenvalue weighted by Gasteiger charge is 2.14. The van der Waals surface area contributed by atoms with Crippen LogP contribution in [0, 0.1) is 13.8 Å². The molecular formula is C21H19N3O2. The Hall–Kier alpha value is -3.34. The van der Waals surface area contributed by atoms with Gasteiger partial charge in [0.2, 0.25) is 5.89 Å². The number of amides is 1. The summed E-state index contributed by atoms with van der Waals surface area (Å²) in [5.74, 6) is 1.01. The van der Waals surface area contributed by atoms with Crippen LogP contribution < -0.4 is 5.32 Å². The Balaban J connectivity index is 1.52. The van der Waals surface area contributed by atoms with Crippen molar-refractivity contribution in [2.45, 2.75) is 20.4 Å². The molecule has 2 aromatic heterocycles. The summed E-state index contributed by atoms with van der Waals surface area (Å²) >= 11 is 0. The van der Waals surface area contributed by atoms with Crippen molar-refractivity contribution in [1.82, 2.24) is 15.3 Å². The Kier molecular flexibility index (Phi) is 4.05. The summed E-state index contributed by atoms with van der Waals surface area (Å²) in [7, 11) is 0. The van der Waals surface area contributed by atoms with Crippen LogP contribution in [0.25, 0.3) is 22.2 Å². The molecule has 0 aliphatic carbocycles. The van der Waals surface area contributed by atoms with Gasteiger partial charge in [-0.25, -0.2) is 4.98 Å². The zero-order chi connectivity index (χ0) is 18.1. The first kappa shape index (κ1) is 16.1. The van der Waals surface area contributed by atoms with E-state index in [1.807, 2.05) is 62.4 Å². The first-order valence-corrected chi connectivity index (χ1v) is 8.49. The average molecular weight is 345 g/mol. The van der Waals surface area contributed by atoms with Crippen molar-refractivity contribution in [2.75, 3.05) is 0 Å². The van der Waals surface area contributed by atoms with E-state index < -0.39 is 0 Å². The lowest BCUT2D eigenvalue weighted by molar-refractivity contribution is 0.0949. The van der Waals surface area contributed by atoms with Gasteiger partial charge in [0, 0.05) is 16.6 Å². The number of rotatable bonds is 4. The monoisotopic (exact) mass is 345 g/mol. The number of carbonyl (C=O) groups is 1. The Labute approximate surface area is 151 Å². The van der Waals surface area contributed by atoms with Gasteiger partial charge in [-0.05, 0) is 25.5 Å². The van der Waals surface area contributed by atoms with Crippen LogP contribution in [0.5, 0.6) is 0 Å². The number of fused-ring (bicyclic) bond motifs is 1. The maximum absolute atomic E-state index is 12.6. The lowest BCUT2D eigenvalue weighted by Gasteiger charge is -2.04. The Morgan fingerprint density at radius 2 is 1.92 bits per heavy atom. The first-order chi connectivity index (χ1) is 12.6. The summed E-state index contributed by atoms with van der Waals surface area (Å²) in [6, 6.07) is 15.5. The van der Waals surface area contributed by atoms with Crippen LogP contribution in [-0.2, 0) is 6.54 Å². The Morgan fingerprint density at radius 1 is 1.12 bits per heavy atom. The third-order valence-electron chi connectivity index (χ3n) is 4.60. The second-order valence-electron chi connectivity index (χ2n) is 6.27. The highest BCUT2D eigenvalue weighted by Crippen LogP contribution is 2.24. The maximum atomic E-state index is 12.6. The van der Waals surface area contributed by atoms with Crippen LogP contribution >= 0.6 is 0 Å². The summed E-state index contributed by atoms with van der Waals surface area (Å²) in [5.41, 5.74) is 4.67. The summed E-state index contributed by atoms with van der Waals surface area (Å²) in [4.78, 5) is 20.2. The molecule has 4 aromatic rings. The number of hydrogen-bond donors (Lipinski definition) is 2. The van der Waals surface area contributed by atoms with Crippen LogP contribution in [0.3, 0.4) is 0 Å². The lowest BCUT2D eigenvalue weighted by atomic mass is 10.1. The minimum absolute atomic E-state index is 0.156. The highest BCUT2D eigenvalue weighted by molar-refractivity contribution is 6.06. The molecule has 5 heteroatoms. The number of hydrogen-bond acceptors (Lipinski definition) is 3. The molecule has 1 amide bonds. The molecule has 0 fully saturated rings. The van der Waals surface area contributed by atoms with Gasteiger partial charge in [-0.1, -0.05) is 42.5 Å². The van der Waals surface area contributed by atoms with Gasteiger partial charge < -0.3 is 14.7 Å². The highest BCUT2D eigenvalue weighted by atomic mass is 16.4. The lowest BCUT2D eigenvalue weighted by Crippen LogP contribution is -2.23. The number of carbonyl (C=O) groups excluding carboxylic acids is 1. The van der Waals surface area contributed by atoms with Crippen LogP contribution in [-0.4, -0.2) is 15.9 Å². The van der Waals surface area contributed by atoms with Crippen molar-refractivity contribution in [3.63, 3.8) is 0 Å². The predicted molar refractivity (Wildman–Crippen MR) is 101 cm³/mol. The van der Waals surface area contributed by atoms with Gasteiger partial charge >= 0.3 is 0 Å². The van der Waals surface area contributed by atoms with Gasteiger partial charge in [0.1, 0.15) is 0 Å². The molecule has 0 saturated heterocycles. The molecule has 2 aromatic carbocycles. The van der Waals surface area contributed by atoms with Crippen molar-refractivity contribution >= 4 is 16.8 Å². The fourth-order valence-electron chi connectivity index (χ4n) is 3.05. The van der Waals surface area contributed by atoms with E-state index >= 15 is 0 Å². The molecule has 0 unspecified atom stereocenters.